The molecule has 0 aliphatic rings. The maximum absolute atomic E-state index is 12.7. The van der Waals surface area contributed by atoms with Crippen LogP contribution in [0.4, 0.5) is 13.2 Å². The monoisotopic (exact) mass is 280 g/mol. The lowest BCUT2D eigenvalue weighted by atomic mass is 10.0. The summed E-state index contributed by atoms with van der Waals surface area (Å²) in [6, 6.07) is 1.77. The smallest absolute Gasteiger partial charge is 0.420 e. The lowest BCUT2D eigenvalue weighted by molar-refractivity contribution is -0.139. The first kappa shape index (κ1) is 14.5. The van der Waals surface area contributed by atoms with E-state index in [4.69, 9.17) is 11.6 Å². The summed E-state index contributed by atoms with van der Waals surface area (Å²) in [7, 11) is 1.02. The molecule has 3 nitrogen and oxygen atoms in total. The molecule has 0 fully saturated rings. The van der Waals surface area contributed by atoms with Gasteiger partial charge in [0.25, 0.3) is 0 Å². The Hall–Kier alpha value is -1.56. The van der Waals surface area contributed by atoms with Crippen molar-refractivity contribution in [2.24, 2.45) is 0 Å². The molecule has 0 aliphatic carbocycles. The number of Topliss-reactive ketones (excluding diaryl/α,β-unsaturated/α-hetero) is 1. The average molecular weight is 281 g/mol. The Morgan fingerprint density at radius 2 is 2.06 bits per heavy atom. The van der Waals surface area contributed by atoms with Gasteiger partial charge in [-0.1, -0.05) is 0 Å². The van der Waals surface area contributed by atoms with Crippen LogP contribution in [0, 0.1) is 0 Å². The summed E-state index contributed by atoms with van der Waals surface area (Å²) in [5, 5.41) is 0. The minimum Gasteiger partial charge on any atom is -0.496 e. The number of hydrogen-bond donors (Lipinski definition) is 0. The molecule has 0 bridgehead atoms. The van der Waals surface area contributed by atoms with Crippen LogP contribution in [0.15, 0.2) is 12.1 Å². The summed E-state index contributed by atoms with van der Waals surface area (Å²) < 4.78 is 42.8. The molecular weight excluding hydrogens is 273 g/mol. The molecular formula is C11H8ClF3O3. The lowest BCUT2D eigenvalue weighted by Crippen LogP contribution is -2.13. The van der Waals surface area contributed by atoms with Crippen molar-refractivity contribution in [2.45, 2.75) is 6.18 Å². The molecule has 0 aliphatic heterocycles. The fraction of sp³-hybridized carbons (Fsp3) is 0.273. The third-order valence-corrected chi connectivity index (χ3v) is 2.45. The van der Waals surface area contributed by atoms with Gasteiger partial charge in [0.15, 0.2) is 12.1 Å². The standard InChI is InChI=1S/C11H8ClF3O3/c1-18-9-3-6(8(17)4-12)2-7(5-16)10(9)11(13,14)15/h2-3,5H,4H2,1H3. The van der Waals surface area contributed by atoms with Gasteiger partial charge in [-0.05, 0) is 12.1 Å². The van der Waals surface area contributed by atoms with Crippen LogP contribution in [0.2, 0.25) is 0 Å². The topological polar surface area (TPSA) is 43.4 Å². The van der Waals surface area contributed by atoms with E-state index in [1.165, 1.54) is 0 Å². The number of ether oxygens (including phenoxy) is 1. The van der Waals surface area contributed by atoms with Gasteiger partial charge in [0.1, 0.15) is 11.3 Å². The Morgan fingerprint density at radius 1 is 1.44 bits per heavy atom. The van der Waals surface area contributed by atoms with Crippen molar-refractivity contribution >= 4 is 23.7 Å². The van der Waals surface area contributed by atoms with E-state index in [0.717, 1.165) is 19.2 Å². The number of aldehydes is 1. The SMILES string of the molecule is COc1cc(C(=O)CCl)cc(C=O)c1C(F)(F)F. The van der Waals surface area contributed by atoms with E-state index in [0.29, 0.717) is 0 Å². The molecule has 0 N–H and O–H groups in total. The predicted molar refractivity (Wildman–Crippen MR) is 58.4 cm³/mol. The molecule has 0 aromatic heterocycles. The molecule has 0 spiro atoms. The number of rotatable bonds is 4. The minimum atomic E-state index is -4.75. The van der Waals surface area contributed by atoms with E-state index < -0.39 is 34.7 Å². The zero-order valence-corrected chi connectivity index (χ0v) is 9.93. The molecule has 0 unspecified atom stereocenters. The number of benzene rings is 1. The van der Waals surface area contributed by atoms with Gasteiger partial charge in [-0.2, -0.15) is 13.2 Å². The number of carbonyl (C=O) groups is 2. The second-order valence-electron chi connectivity index (χ2n) is 3.32. The van der Waals surface area contributed by atoms with Crippen LogP contribution in [-0.2, 0) is 6.18 Å². The second kappa shape index (κ2) is 5.39. The number of methoxy groups -OCH3 is 1. The van der Waals surface area contributed by atoms with Gasteiger partial charge in [0.05, 0.1) is 13.0 Å². The molecule has 0 saturated heterocycles. The van der Waals surface area contributed by atoms with Crippen molar-refractivity contribution in [2.75, 3.05) is 13.0 Å². The normalized spacial score (nSPS) is 11.2. The molecule has 0 radical (unpaired) electrons. The number of carbonyl (C=O) groups excluding carboxylic acids is 2. The predicted octanol–water partition coefficient (Wildman–Crippen LogP) is 2.95. The zero-order chi connectivity index (χ0) is 13.9. The summed E-state index contributed by atoms with van der Waals surface area (Å²) in [6.45, 7) is 0. The second-order valence-corrected chi connectivity index (χ2v) is 3.58. The number of ketones is 1. The van der Waals surface area contributed by atoms with Crippen molar-refractivity contribution in [1.29, 1.82) is 0 Å². The molecule has 1 aromatic carbocycles. The minimum absolute atomic E-state index is 0.0242. The number of halogens is 4. The number of hydrogen-bond acceptors (Lipinski definition) is 3. The molecule has 0 saturated carbocycles. The summed E-state index contributed by atoms with van der Waals surface area (Å²) in [5.74, 6) is -1.57. The molecule has 7 heteroatoms. The molecule has 0 heterocycles. The Labute approximate surface area is 105 Å². The summed E-state index contributed by atoms with van der Waals surface area (Å²) in [6.07, 6.45) is -4.72. The largest absolute Gasteiger partial charge is 0.496 e. The lowest BCUT2D eigenvalue weighted by Gasteiger charge is -2.15. The van der Waals surface area contributed by atoms with Gasteiger partial charge < -0.3 is 4.74 Å². The Bertz CT molecular complexity index is 483. The summed E-state index contributed by atoms with van der Waals surface area (Å²) >= 11 is 5.31. The van der Waals surface area contributed by atoms with Crippen LogP contribution in [0.3, 0.4) is 0 Å². The summed E-state index contributed by atoms with van der Waals surface area (Å²) in [4.78, 5) is 22.0. The molecule has 0 amide bonds. The van der Waals surface area contributed by atoms with Crippen LogP contribution >= 0.6 is 11.6 Å². The first-order valence-electron chi connectivity index (χ1n) is 4.68. The van der Waals surface area contributed by atoms with Crippen LogP contribution in [0.1, 0.15) is 26.3 Å². The number of alkyl halides is 4. The highest BCUT2D eigenvalue weighted by Crippen LogP contribution is 2.39. The van der Waals surface area contributed by atoms with Crippen molar-refractivity contribution in [1.82, 2.24) is 0 Å². The van der Waals surface area contributed by atoms with E-state index in [9.17, 15) is 22.8 Å². The van der Waals surface area contributed by atoms with Crippen LogP contribution in [0.25, 0.3) is 0 Å². The fourth-order valence-corrected chi connectivity index (χ4v) is 1.59. The van der Waals surface area contributed by atoms with E-state index in [-0.39, 0.29) is 11.8 Å². The Balaban J connectivity index is 3.54. The van der Waals surface area contributed by atoms with Gasteiger partial charge in [-0.3, -0.25) is 9.59 Å². The average Bonchev–Trinajstić information content (AvgIpc) is 2.34. The molecule has 18 heavy (non-hydrogen) atoms. The maximum Gasteiger partial charge on any atom is 0.420 e. The fourth-order valence-electron chi connectivity index (χ4n) is 1.43. The highest BCUT2D eigenvalue weighted by Gasteiger charge is 2.37. The summed E-state index contributed by atoms with van der Waals surface area (Å²) in [5.41, 5.74) is -1.96. The quantitative estimate of drug-likeness (QED) is 0.484. The van der Waals surface area contributed by atoms with E-state index in [1.54, 1.807) is 0 Å². The van der Waals surface area contributed by atoms with Gasteiger partial charge in [0.2, 0.25) is 0 Å². The molecule has 1 aromatic rings. The van der Waals surface area contributed by atoms with Crippen LogP contribution < -0.4 is 4.74 Å². The van der Waals surface area contributed by atoms with Gasteiger partial charge >= 0.3 is 6.18 Å². The van der Waals surface area contributed by atoms with E-state index in [2.05, 4.69) is 4.74 Å². The van der Waals surface area contributed by atoms with Crippen molar-refractivity contribution < 1.29 is 27.5 Å². The van der Waals surface area contributed by atoms with Gasteiger partial charge in [0, 0.05) is 11.1 Å². The molecule has 98 valence electrons. The third kappa shape index (κ3) is 2.81. The highest BCUT2D eigenvalue weighted by atomic mass is 35.5. The van der Waals surface area contributed by atoms with Crippen molar-refractivity contribution in [3.05, 3.63) is 28.8 Å². The van der Waals surface area contributed by atoms with Gasteiger partial charge in [-0.25, -0.2) is 0 Å². The first-order valence-corrected chi connectivity index (χ1v) is 5.22. The van der Waals surface area contributed by atoms with Crippen molar-refractivity contribution in [3.63, 3.8) is 0 Å². The van der Waals surface area contributed by atoms with E-state index >= 15 is 0 Å². The molecule has 1 rings (SSSR count). The van der Waals surface area contributed by atoms with Crippen LogP contribution in [0.5, 0.6) is 5.75 Å². The van der Waals surface area contributed by atoms with Gasteiger partial charge in [-0.15, -0.1) is 11.6 Å². The first-order chi connectivity index (χ1) is 8.35. The highest BCUT2D eigenvalue weighted by molar-refractivity contribution is 6.30. The Morgan fingerprint density at radius 3 is 2.44 bits per heavy atom. The third-order valence-electron chi connectivity index (χ3n) is 2.21. The zero-order valence-electron chi connectivity index (χ0n) is 9.18. The Kier molecular flexibility index (Phi) is 4.34. The van der Waals surface area contributed by atoms with Crippen molar-refractivity contribution in [3.8, 4) is 5.75 Å². The van der Waals surface area contributed by atoms with Crippen LogP contribution in [-0.4, -0.2) is 25.1 Å². The van der Waals surface area contributed by atoms with E-state index in [1.807, 2.05) is 0 Å². The maximum atomic E-state index is 12.7. The molecule has 0 atom stereocenters.